The van der Waals surface area contributed by atoms with E-state index in [2.05, 4.69) is 15.3 Å². The number of nitro benzene ring substituents is 1. The average Bonchev–Trinajstić information content (AvgIpc) is 3.48. The molecular weight excluding hydrogens is 528 g/mol. The fraction of sp³-hybridized carbons (Fsp3) is 0.160. The van der Waals surface area contributed by atoms with Gasteiger partial charge in [-0.05, 0) is 36.4 Å². The van der Waals surface area contributed by atoms with E-state index in [1.165, 1.54) is 41.4 Å². The van der Waals surface area contributed by atoms with Gasteiger partial charge in [-0.15, -0.1) is 0 Å². The number of pyridine rings is 1. The Hall–Kier alpha value is -4.98. The van der Waals surface area contributed by atoms with Gasteiger partial charge in [0.15, 0.2) is 5.75 Å². The number of anilines is 1. The first-order chi connectivity index (χ1) is 18.5. The summed E-state index contributed by atoms with van der Waals surface area (Å²) in [6.07, 6.45) is 3.17. The highest BCUT2D eigenvalue weighted by molar-refractivity contribution is 7.91. The summed E-state index contributed by atoms with van der Waals surface area (Å²) >= 11 is 0. The maximum absolute atomic E-state index is 13.8. The fourth-order valence-corrected chi connectivity index (χ4v) is 5.80. The van der Waals surface area contributed by atoms with Gasteiger partial charge in [0.1, 0.15) is 22.0 Å². The van der Waals surface area contributed by atoms with E-state index in [0.717, 1.165) is 6.07 Å². The lowest BCUT2D eigenvalue weighted by Gasteiger charge is -2.16. The molecule has 14 heteroatoms. The Morgan fingerprint density at radius 2 is 2.05 bits per heavy atom. The minimum atomic E-state index is -4.45. The molecular formula is C25H22N6O7S. The zero-order valence-electron chi connectivity index (χ0n) is 20.5. The topological polar surface area (TPSA) is 191 Å². The monoisotopic (exact) mass is 550 g/mol. The van der Waals surface area contributed by atoms with Gasteiger partial charge in [0.05, 0.1) is 27.6 Å². The van der Waals surface area contributed by atoms with E-state index >= 15 is 0 Å². The molecule has 39 heavy (non-hydrogen) atoms. The molecule has 0 radical (unpaired) electrons. The average molecular weight is 551 g/mol. The van der Waals surface area contributed by atoms with Gasteiger partial charge in [0.2, 0.25) is 15.7 Å². The smallest absolute Gasteiger partial charge is 0.293 e. The summed E-state index contributed by atoms with van der Waals surface area (Å²) in [6, 6.07) is 10.2. The molecule has 1 unspecified atom stereocenters. The van der Waals surface area contributed by atoms with Crippen LogP contribution in [0.25, 0.3) is 11.0 Å². The number of sulfone groups is 1. The van der Waals surface area contributed by atoms with Gasteiger partial charge in [-0.1, -0.05) is 6.07 Å². The number of rotatable bonds is 8. The minimum Gasteiger partial charge on any atom is -0.453 e. The van der Waals surface area contributed by atoms with Gasteiger partial charge in [-0.25, -0.2) is 13.4 Å². The first kappa shape index (κ1) is 25.7. The summed E-state index contributed by atoms with van der Waals surface area (Å²) < 4.78 is 33.4. The number of nitro groups is 1. The number of aromatic nitrogens is 2. The maximum Gasteiger partial charge on any atom is 0.293 e. The van der Waals surface area contributed by atoms with Gasteiger partial charge in [-0.3, -0.25) is 19.7 Å². The van der Waals surface area contributed by atoms with E-state index in [1.54, 1.807) is 25.4 Å². The molecule has 4 aromatic rings. The van der Waals surface area contributed by atoms with Crippen molar-refractivity contribution in [1.82, 2.24) is 14.9 Å². The number of likely N-dealkylation sites (N-methyl/N-ethyl adjacent to an activating group) is 1. The van der Waals surface area contributed by atoms with E-state index in [4.69, 9.17) is 10.5 Å². The van der Waals surface area contributed by atoms with Crippen LogP contribution >= 0.6 is 0 Å². The van der Waals surface area contributed by atoms with Crippen LogP contribution < -0.4 is 15.8 Å². The summed E-state index contributed by atoms with van der Waals surface area (Å²) in [6.45, 7) is 0.347. The number of fused-ring (bicyclic) bond motifs is 1. The quantitative estimate of drug-likeness (QED) is 0.219. The van der Waals surface area contributed by atoms with Crippen molar-refractivity contribution in [3.63, 3.8) is 0 Å². The van der Waals surface area contributed by atoms with E-state index in [-0.39, 0.29) is 41.1 Å². The summed E-state index contributed by atoms with van der Waals surface area (Å²) in [5.41, 5.74) is 5.47. The van der Waals surface area contributed by atoms with Gasteiger partial charge in [0.25, 0.3) is 11.6 Å². The second-order valence-corrected chi connectivity index (χ2v) is 10.9. The van der Waals surface area contributed by atoms with E-state index in [0.29, 0.717) is 17.6 Å². The highest BCUT2D eigenvalue weighted by Crippen LogP contribution is 2.38. The molecule has 200 valence electrons. The SMILES string of the molecule is CN1CC(Nc2ccc(S(=O)(=O)c3cccc(C(N)=O)c3Oc3cnc4[nH]ccc4c3)cc2[N+](=O)[O-])CC1=O. The number of amides is 2. The van der Waals surface area contributed by atoms with Crippen LogP contribution in [0.5, 0.6) is 11.5 Å². The molecule has 0 spiro atoms. The molecule has 2 amide bonds. The summed E-state index contributed by atoms with van der Waals surface area (Å²) in [5, 5.41) is 15.5. The Kier molecular flexibility index (Phi) is 6.39. The second kappa shape index (κ2) is 9.72. The third-order valence-electron chi connectivity index (χ3n) is 6.31. The number of H-pyrrole nitrogens is 1. The standard InChI is InChI=1S/C25H22N6O7S/c1-30-13-15(10-22(30)32)29-19-6-5-17(11-20(19)31(34)35)39(36,37)21-4-2-3-18(24(26)33)23(21)38-16-9-14-7-8-27-25(14)28-12-16/h2-9,11-12,15,29H,10,13H2,1H3,(H2,26,33)(H,27,28). The van der Waals surface area contributed by atoms with Crippen LogP contribution in [-0.4, -0.2) is 59.7 Å². The molecule has 1 fully saturated rings. The van der Waals surface area contributed by atoms with E-state index < -0.39 is 36.1 Å². The number of nitrogens with one attached hydrogen (secondary N) is 2. The molecule has 2 aromatic heterocycles. The van der Waals surface area contributed by atoms with Crippen LogP contribution in [0, 0.1) is 10.1 Å². The Labute approximate surface area is 221 Å². The van der Waals surface area contributed by atoms with Crippen molar-refractivity contribution in [2.75, 3.05) is 18.9 Å². The fourth-order valence-electron chi connectivity index (χ4n) is 4.38. The van der Waals surface area contributed by atoms with Crippen molar-refractivity contribution < 1.29 is 27.7 Å². The number of likely N-dealkylation sites (tertiary alicyclic amines) is 1. The van der Waals surface area contributed by atoms with Gasteiger partial charge >= 0.3 is 0 Å². The molecule has 0 saturated carbocycles. The lowest BCUT2D eigenvalue weighted by atomic mass is 10.2. The Morgan fingerprint density at radius 3 is 2.74 bits per heavy atom. The van der Waals surface area contributed by atoms with Crippen LogP contribution in [0.1, 0.15) is 16.8 Å². The predicted octanol–water partition coefficient (Wildman–Crippen LogP) is 2.84. The number of carbonyl (C=O) groups excluding carboxylic acids is 2. The molecule has 13 nitrogen and oxygen atoms in total. The van der Waals surface area contributed by atoms with Crippen molar-refractivity contribution in [3.8, 4) is 11.5 Å². The number of para-hydroxylation sites is 1. The Balaban J connectivity index is 1.56. The molecule has 3 heterocycles. The summed E-state index contributed by atoms with van der Waals surface area (Å²) in [7, 11) is -2.82. The van der Waals surface area contributed by atoms with Crippen LogP contribution in [0.4, 0.5) is 11.4 Å². The molecule has 2 aromatic carbocycles. The highest BCUT2D eigenvalue weighted by atomic mass is 32.2. The van der Waals surface area contributed by atoms with Crippen molar-refractivity contribution in [1.29, 1.82) is 0 Å². The first-order valence-corrected chi connectivity index (χ1v) is 13.1. The molecule has 0 bridgehead atoms. The van der Waals surface area contributed by atoms with Gasteiger partial charge in [0, 0.05) is 37.7 Å². The molecule has 1 aliphatic heterocycles. The largest absolute Gasteiger partial charge is 0.453 e. The van der Waals surface area contributed by atoms with Crippen LogP contribution in [-0.2, 0) is 14.6 Å². The molecule has 0 aliphatic carbocycles. The third kappa shape index (κ3) is 4.84. The Morgan fingerprint density at radius 1 is 1.26 bits per heavy atom. The van der Waals surface area contributed by atoms with Crippen molar-refractivity contribution in [3.05, 3.63) is 76.6 Å². The van der Waals surface area contributed by atoms with E-state index in [1.807, 2.05) is 0 Å². The van der Waals surface area contributed by atoms with E-state index in [9.17, 15) is 28.1 Å². The number of hydrogen-bond donors (Lipinski definition) is 3. The zero-order chi connectivity index (χ0) is 27.9. The molecule has 1 aliphatic rings. The van der Waals surface area contributed by atoms with Crippen LogP contribution in [0.15, 0.2) is 70.7 Å². The number of primary amides is 1. The van der Waals surface area contributed by atoms with Crippen LogP contribution in [0.2, 0.25) is 0 Å². The number of benzene rings is 2. The van der Waals surface area contributed by atoms with Crippen molar-refractivity contribution >= 4 is 44.1 Å². The minimum absolute atomic E-state index is 0.0697. The van der Waals surface area contributed by atoms with Crippen LogP contribution in [0.3, 0.4) is 0 Å². The molecule has 4 N–H and O–H groups in total. The predicted molar refractivity (Wildman–Crippen MR) is 139 cm³/mol. The first-order valence-electron chi connectivity index (χ1n) is 11.6. The number of aromatic amines is 1. The zero-order valence-corrected chi connectivity index (χ0v) is 21.3. The molecule has 1 atom stereocenters. The van der Waals surface area contributed by atoms with Gasteiger partial charge in [-0.2, -0.15) is 0 Å². The number of nitrogens with zero attached hydrogens (tertiary/aromatic N) is 3. The number of nitrogens with two attached hydrogens (primary N) is 1. The van der Waals surface area contributed by atoms with Crippen molar-refractivity contribution in [2.24, 2.45) is 5.73 Å². The third-order valence-corrected chi connectivity index (χ3v) is 8.08. The second-order valence-electron chi connectivity index (χ2n) is 8.94. The Bertz CT molecular complexity index is 1750. The number of ether oxygens (including phenoxy) is 1. The highest BCUT2D eigenvalue weighted by Gasteiger charge is 2.31. The van der Waals surface area contributed by atoms with Crippen molar-refractivity contribution in [2.45, 2.75) is 22.3 Å². The number of carbonyl (C=O) groups is 2. The summed E-state index contributed by atoms with van der Waals surface area (Å²) in [5.74, 6) is -1.23. The molecule has 5 rings (SSSR count). The lowest BCUT2D eigenvalue weighted by molar-refractivity contribution is -0.384. The normalized spacial score (nSPS) is 15.5. The molecule has 1 saturated heterocycles. The maximum atomic E-state index is 13.8. The van der Waals surface area contributed by atoms with Gasteiger partial charge < -0.3 is 25.7 Å². The summed E-state index contributed by atoms with van der Waals surface area (Å²) in [4.78, 5) is 43.0. The number of hydrogen-bond acceptors (Lipinski definition) is 9. The lowest BCUT2D eigenvalue weighted by Crippen LogP contribution is -2.24.